The van der Waals surface area contributed by atoms with Crippen molar-refractivity contribution in [1.29, 1.82) is 0 Å². The number of fused-ring (bicyclic) bond motifs is 2. The van der Waals surface area contributed by atoms with Crippen LogP contribution in [0.15, 0.2) is 67.0 Å². The van der Waals surface area contributed by atoms with Crippen molar-refractivity contribution in [2.45, 2.75) is 65.6 Å². The lowest BCUT2D eigenvalue weighted by Crippen LogP contribution is -2.40. The van der Waals surface area contributed by atoms with Gasteiger partial charge in [0, 0.05) is 67.5 Å². The monoisotopic (exact) mass is 706 g/mol. The Labute approximate surface area is 303 Å². The number of likely N-dealkylation sites (tertiary alicyclic amines) is 1. The van der Waals surface area contributed by atoms with Crippen LogP contribution in [0.25, 0.3) is 22.0 Å². The van der Waals surface area contributed by atoms with Crippen LogP contribution in [0, 0.1) is 6.92 Å². The standard InChI is InChI=1S/C39H43ClN8O3/c1-25-30(12-9-13-31(25)43-35-34-28(14-16-41-35)20-26(22-42-34)23-46-17-6-7-18-46)27-10-8-11-29(21-27)48(40)37(49)36-44-32-24-47(19-15-33(32)45(36)5)38(50)51-39(2,3)4/h8-14,16,20-22H,6-7,15,17-19,23-24H2,1-5H3,(H,41,43). The molecule has 5 heterocycles. The number of pyridine rings is 2. The second-order valence-corrected chi connectivity index (χ2v) is 14.7. The molecule has 1 saturated heterocycles. The number of halogens is 1. The highest BCUT2D eigenvalue weighted by Gasteiger charge is 2.31. The molecule has 2 amide bonds. The van der Waals surface area contributed by atoms with Crippen LogP contribution in [0.5, 0.6) is 0 Å². The van der Waals surface area contributed by atoms with Gasteiger partial charge in [0.25, 0.3) is 0 Å². The van der Waals surface area contributed by atoms with Crippen molar-refractivity contribution in [3.05, 3.63) is 95.3 Å². The highest BCUT2D eigenvalue weighted by Crippen LogP contribution is 2.34. The van der Waals surface area contributed by atoms with Crippen LogP contribution in [0.3, 0.4) is 0 Å². The van der Waals surface area contributed by atoms with Crippen LogP contribution < -0.4 is 9.74 Å². The summed E-state index contributed by atoms with van der Waals surface area (Å²) in [5.74, 6) is 0.437. The van der Waals surface area contributed by atoms with Gasteiger partial charge >= 0.3 is 12.0 Å². The van der Waals surface area contributed by atoms with E-state index in [4.69, 9.17) is 21.5 Å². The molecule has 0 radical (unpaired) electrons. The first-order valence-corrected chi connectivity index (χ1v) is 17.7. The van der Waals surface area contributed by atoms with Crippen molar-refractivity contribution in [3.8, 4) is 11.1 Å². The summed E-state index contributed by atoms with van der Waals surface area (Å²) >= 11 is 6.75. The first-order valence-electron chi connectivity index (χ1n) is 17.4. The van der Waals surface area contributed by atoms with E-state index in [0.29, 0.717) is 30.2 Å². The van der Waals surface area contributed by atoms with Crippen LogP contribution in [-0.2, 0) is 31.3 Å². The summed E-state index contributed by atoms with van der Waals surface area (Å²) in [7, 11) is 1.80. The Balaban J connectivity index is 1.09. The fourth-order valence-electron chi connectivity index (χ4n) is 6.90. The van der Waals surface area contributed by atoms with E-state index < -0.39 is 17.6 Å². The molecule has 11 nitrogen and oxygen atoms in total. The molecule has 2 aliphatic rings. The topological polar surface area (TPSA) is 109 Å². The number of ether oxygens (including phenoxy) is 1. The molecular formula is C39H43ClN8O3. The van der Waals surface area contributed by atoms with Crippen LogP contribution in [-0.4, -0.2) is 66.6 Å². The van der Waals surface area contributed by atoms with Gasteiger partial charge in [-0.15, -0.1) is 0 Å². The first-order chi connectivity index (χ1) is 24.4. The van der Waals surface area contributed by atoms with E-state index in [-0.39, 0.29) is 12.4 Å². The number of aromatic nitrogens is 4. The molecule has 264 valence electrons. The van der Waals surface area contributed by atoms with Crippen molar-refractivity contribution in [2.24, 2.45) is 7.05 Å². The van der Waals surface area contributed by atoms with E-state index in [9.17, 15) is 9.59 Å². The maximum absolute atomic E-state index is 13.8. The minimum absolute atomic E-state index is 0.202. The number of carbonyl (C=O) groups excluding carboxylic acids is 2. The number of nitrogens with zero attached hydrogens (tertiary/aromatic N) is 7. The number of anilines is 3. The quantitative estimate of drug-likeness (QED) is 0.171. The number of imidazole rings is 1. The van der Waals surface area contributed by atoms with Crippen molar-refractivity contribution >= 4 is 51.9 Å². The minimum Gasteiger partial charge on any atom is -0.444 e. The molecule has 7 rings (SSSR count). The summed E-state index contributed by atoms with van der Waals surface area (Å²) in [5, 5.41) is 4.58. The van der Waals surface area contributed by atoms with Crippen LogP contribution in [0.2, 0.25) is 0 Å². The summed E-state index contributed by atoms with van der Waals surface area (Å²) in [6, 6.07) is 17.8. The molecule has 2 aromatic carbocycles. The van der Waals surface area contributed by atoms with Gasteiger partial charge in [-0.05, 0) is 106 Å². The van der Waals surface area contributed by atoms with Crippen LogP contribution >= 0.6 is 11.8 Å². The highest BCUT2D eigenvalue weighted by molar-refractivity contribution is 6.38. The van der Waals surface area contributed by atoms with Gasteiger partial charge in [-0.1, -0.05) is 24.3 Å². The van der Waals surface area contributed by atoms with Gasteiger partial charge in [0.05, 0.1) is 17.9 Å². The molecule has 0 unspecified atom stereocenters. The maximum atomic E-state index is 13.8. The molecule has 0 spiro atoms. The number of carbonyl (C=O) groups is 2. The molecule has 3 aromatic heterocycles. The normalized spacial score (nSPS) is 14.8. The number of hydrogen-bond donors (Lipinski definition) is 1. The van der Waals surface area contributed by atoms with E-state index in [1.807, 2.05) is 75.6 Å². The molecule has 2 aliphatic heterocycles. The van der Waals surface area contributed by atoms with E-state index in [0.717, 1.165) is 63.0 Å². The maximum Gasteiger partial charge on any atom is 0.410 e. The molecule has 51 heavy (non-hydrogen) atoms. The average Bonchev–Trinajstić information content (AvgIpc) is 3.75. The predicted molar refractivity (Wildman–Crippen MR) is 200 cm³/mol. The molecular weight excluding hydrogens is 664 g/mol. The Morgan fingerprint density at radius 1 is 1.02 bits per heavy atom. The summed E-state index contributed by atoms with van der Waals surface area (Å²) in [6.07, 6.45) is 6.45. The largest absolute Gasteiger partial charge is 0.444 e. The number of benzene rings is 2. The fourth-order valence-corrected chi connectivity index (χ4v) is 7.08. The van der Waals surface area contributed by atoms with Crippen molar-refractivity contribution < 1.29 is 14.3 Å². The Bertz CT molecular complexity index is 2120. The van der Waals surface area contributed by atoms with E-state index in [1.165, 1.54) is 18.4 Å². The van der Waals surface area contributed by atoms with Crippen LogP contribution in [0.1, 0.15) is 66.7 Å². The van der Waals surface area contributed by atoms with Crippen molar-refractivity contribution in [3.63, 3.8) is 0 Å². The molecule has 0 saturated carbocycles. The second kappa shape index (κ2) is 14.0. The molecule has 0 aliphatic carbocycles. The Morgan fingerprint density at radius 3 is 2.59 bits per heavy atom. The van der Waals surface area contributed by atoms with E-state index in [1.54, 1.807) is 22.6 Å². The number of nitrogens with one attached hydrogen (secondary N) is 1. The Kier molecular flexibility index (Phi) is 9.43. The zero-order valence-corrected chi connectivity index (χ0v) is 30.5. The number of hydrogen-bond acceptors (Lipinski definition) is 8. The van der Waals surface area contributed by atoms with Gasteiger partial charge in [-0.2, -0.15) is 0 Å². The van der Waals surface area contributed by atoms with Gasteiger partial charge in [-0.3, -0.25) is 14.7 Å². The van der Waals surface area contributed by atoms with Gasteiger partial charge < -0.3 is 19.5 Å². The third-order valence-corrected chi connectivity index (χ3v) is 9.86. The van der Waals surface area contributed by atoms with Crippen LogP contribution in [0.4, 0.5) is 22.0 Å². The smallest absolute Gasteiger partial charge is 0.410 e. The van der Waals surface area contributed by atoms with E-state index in [2.05, 4.69) is 33.2 Å². The Hall–Kier alpha value is -5.00. The minimum atomic E-state index is -0.602. The molecule has 1 fully saturated rings. The molecule has 0 bridgehead atoms. The van der Waals surface area contributed by atoms with Crippen molar-refractivity contribution in [2.75, 3.05) is 29.4 Å². The summed E-state index contributed by atoms with van der Waals surface area (Å²) in [6.45, 7) is 11.5. The lowest BCUT2D eigenvalue weighted by atomic mass is 9.98. The molecule has 0 atom stereocenters. The van der Waals surface area contributed by atoms with Gasteiger partial charge in [-0.25, -0.2) is 19.2 Å². The van der Waals surface area contributed by atoms with E-state index >= 15 is 0 Å². The zero-order chi connectivity index (χ0) is 35.9. The molecule has 5 aromatic rings. The molecule has 12 heteroatoms. The number of rotatable bonds is 7. The summed E-state index contributed by atoms with van der Waals surface area (Å²) in [4.78, 5) is 44.6. The zero-order valence-electron chi connectivity index (χ0n) is 29.7. The van der Waals surface area contributed by atoms with Gasteiger partial charge in [0.1, 0.15) is 11.1 Å². The fraction of sp³-hybridized carbons (Fsp3) is 0.359. The van der Waals surface area contributed by atoms with Crippen molar-refractivity contribution in [1.82, 2.24) is 29.3 Å². The lowest BCUT2D eigenvalue weighted by Gasteiger charge is -2.29. The summed E-state index contributed by atoms with van der Waals surface area (Å²) in [5.41, 5.74) is 7.29. The van der Waals surface area contributed by atoms with Gasteiger partial charge in [0.15, 0.2) is 5.82 Å². The third-order valence-electron chi connectivity index (χ3n) is 9.51. The molecule has 1 N–H and O–H groups in total. The predicted octanol–water partition coefficient (Wildman–Crippen LogP) is 7.77. The Morgan fingerprint density at radius 2 is 1.80 bits per heavy atom. The second-order valence-electron chi connectivity index (χ2n) is 14.3. The number of amides is 2. The highest BCUT2D eigenvalue weighted by atomic mass is 35.5. The lowest BCUT2D eigenvalue weighted by molar-refractivity contribution is 0.0220. The SMILES string of the molecule is Cc1c(Nc2nccc3cc(CN4CCCC4)cnc23)cccc1-c1cccc(N(Cl)C(=O)c2nc3c(n2C)CCN(C(=O)OC(C)(C)C)C3)c1. The first kappa shape index (κ1) is 34.4. The van der Waals surface area contributed by atoms with Gasteiger partial charge in [0.2, 0.25) is 5.82 Å². The average molecular weight is 707 g/mol. The third kappa shape index (κ3) is 7.27. The summed E-state index contributed by atoms with van der Waals surface area (Å²) < 4.78 is 8.42.